The maximum Gasteiger partial charge on any atom is 0.246 e. The van der Waals surface area contributed by atoms with Crippen molar-refractivity contribution in [2.45, 2.75) is 31.2 Å². The molecule has 1 saturated heterocycles. The molecule has 1 aliphatic rings. The number of thioether (sulfide) groups is 1. The fourth-order valence-electron chi connectivity index (χ4n) is 2.89. The number of aryl methyl sites for hydroxylation is 1. The zero-order chi connectivity index (χ0) is 18.7. The first-order chi connectivity index (χ1) is 12.4. The van der Waals surface area contributed by atoms with Gasteiger partial charge in [0.2, 0.25) is 11.8 Å². The van der Waals surface area contributed by atoms with E-state index in [4.69, 9.17) is 4.42 Å². The Morgan fingerprint density at radius 1 is 1.35 bits per heavy atom. The van der Waals surface area contributed by atoms with Crippen LogP contribution in [0.15, 0.2) is 40.8 Å². The predicted octanol–water partition coefficient (Wildman–Crippen LogP) is 2.53. The Balaban J connectivity index is 1.56. The molecular weight excluding hydrogens is 355 g/mol. The normalized spacial score (nSPS) is 19.9. The van der Waals surface area contributed by atoms with Gasteiger partial charge in [-0.1, -0.05) is 18.2 Å². The summed E-state index contributed by atoms with van der Waals surface area (Å²) in [4.78, 5) is 26.5. The number of benzene rings is 1. The first-order valence-corrected chi connectivity index (χ1v) is 9.44. The molecule has 26 heavy (non-hydrogen) atoms. The van der Waals surface area contributed by atoms with Gasteiger partial charge in [0, 0.05) is 12.8 Å². The van der Waals surface area contributed by atoms with Gasteiger partial charge in [-0.05, 0) is 37.1 Å². The summed E-state index contributed by atoms with van der Waals surface area (Å²) >= 11 is 1.39. The second kappa shape index (κ2) is 7.95. The lowest BCUT2D eigenvalue weighted by Crippen LogP contribution is -2.54. The third-order valence-corrected chi connectivity index (χ3v) is 5.61. The number of amides is 2. The summed E-state index contributed by atoms with van der Waals surface area (Å²) in [6, 6.07) is 9.54. The maximum absolute atomic E-state index is 13.8. The molecule has 2 atom stereocenters. The van der Waals surface area contributed by atoms with Gasteiger partial charge in [-0.25, -0.2) is 4.39 Å². The van der Waals surface area contributed by atoms with Gasteiger partial charge in [0.05, 0.1) is 11.8 Å². The second-order valence-electron chi connectivity index (χ2n) is 6.39. The first kappa shape index (κ1) is 18.5. The van der Waals surface area contributed by atoms with E-state index in [0.717, 1.165) is 5.76 Å². The van der Waals surface area contributed by atoms with Crippen LogP contribution in [0.3, 0.4) is 0 Å². The smallest absolute Gasteiger partial charge is 0.246 e. The molecule has 138 valence electrons. The lowest BCUT2D eigenvalue weighted by Gasteiger charge is -2.30. The van der Waals surface area contributed by atoms with Crippen molar-refractivity contribution < 1.29 is 18.4 Å². The van der Waals surface area contributed by atoms with E-state index in [1.807, 2.05) is 19.1 Å². The number of likely N-dealkylation sites (N-methyl/N-ethyl adjacent to an activating group) is 1. The molecule has 2 aromatic rings. The molecule has 1 fully saturated rings. The number of nitrogens with zero attached hydrogens (tertiary/aromatic N) is 1. The summed E-state index contributed by atoms with van der Waals surface area (Å²) in [5, 5.41) is 2.38. The first-order valence-electron chi connectivity index (χ1n) is 8.39. The SMILES string of the molecule is Cc1ccc(CN(C)C(=O)C2CSC(Cc3ccccc3F)C(=O)N2)o1. The number of hydrogen-bond acceptors (Lipinski definition) is 4. The molecule has 1 N–H and O–H groups in total. The summed E-state index contributed by atoms with van der Waals surface area (Å²) in [6.45, 7) is 2.20. The molecule has 1 aromatic heterocycles. The summed E-state index contributed by atoms with van der Waals surface area (Å²) in [5.41, 5.74) is 0.509. The number of carbonyl (C=O) groups is 2. The summed E-state index contributed by atoms with van der Waals surface area (Å²) in [5.74, 6) is 1.25. The topological polar surface area (TPSA) is 62.6 Å². The van der Waals surface area contributed by atoms with Crippen LogP contribution in [0.2, 0.25) is 0 Å². The van der Waals surface area contributed by atoms with Gasteiger partial charge in [-0.15, -0.1) is 11.8 Å². The fourth-order valence-corrected chi connectivity index (χ4v) is 4.06. The van der Waals surface area contributed by atoms with Crippen LogP contribution in [0.25, 0.3) is 0 Å². The molecule has 2 heterocycles. The van der Waals surface area contributed by atoms with Crippen molar-refractivity contribution in [3.05, 3.63) is 59.3 Å². The van der Waals surface area contributed by atoms with Gasteiger partial charge in [-0.2, -0.15) is 0 Å². The van der Waals surface area contributed by atoms with Crippen LogP contribution in [-0.2, 0) is 22.6 Å². The van der Waals surface area contributed by atoms with Crippen molar-refractivity contribution in [2.75, 3.05) is 12.8 Å². The Hall–Kier alpha value is -2.28. The second-order valence-corrected chi connectivity index (χ2v) is 7.62. The molecule has 2 amide bonds. The predicted molar refractivity (Wildman–Crippen MR) is 98.2 cm³/mol. The van der Waals surface area contributed by atoms with E-state index in [2.05, 4.69) is 5.32 Å². The Morgan fingerprint density at radius 2 is 2.12 bits per heavy atom. The zero-order valence-electron chi connectivity index (χ0n) is 14.7. The minimum absolute atomic E-state index is 0.163. The minimum atomic E-state index is -0.578. The van der Waals surface area contributed by atoms with E-state index in [0.29, 0.717) is 30.0 Å². The number of nitrogens with one attached hydrogen (secondary N) is 1. The molecule has 0 aliphatic carbocycles. The summed E-state index contributed by atoms with van der Waals surface area (Å²) in [6.07, 6.45) is 0.311. The van der Waals surface area contributed by atoms with Gasteiger partial charge in [0.25, 0.3) is 0 Å². The van der Waals surface area contributed by atoms with Crippen LogP contribution in [0.5, 0.6) is 0 Å². The van der Waals surface area contributed by atoms with E-state index in [9.17, 15) is 14.0 Å². The highest BCUT2D eigenvalue weighted by molar-refractivity contribution is 8.00. The van der Waals surface area contributed by atoms with E-state index in [1.165, 1.54) is 17.8 Å². The zero-order valence-corrected chi connectivity index (χ0v) is 15.5. The van der Waals surface area contributed by atoms with E-state index in [1.54, 1.807) is 30.1 Å². The summed E-state index contributed by atoms with van der Waals surface area (Å²) < 4.78 is 19.3. The van der Waals surface area contributed by atoms with Gasteiger partial charge in [-0.3, -0.25) is 9.59 Å². The van der Waals surface area contributed by atoms with E-state index < -0.39 is 11.3 Å². The number of carbonyl (C=O) groups excluding carboxylic acids is 2. The van der Waals surface area contributed by atoms with Crippen molar-refractivity contribution in [3.8, 4) is 0 Å². The highest BCUT2D eigenvalue weighted by Gasteiger charge is 2.34. The monoisotopic (exact) mass is 376 g/mol. The van der Waals surface area contributed by atoms with Crippen LogP contribution in [0, 0.1) is 12.7 Å². The molecule has 1 aromatic carbocycles. The molecule has 5 nitrogen and oxygen atoms in total. The third kappa shape index (κ3) is 4.27. The highest BCUT2D eigenvalue weighted by Crippen LogP contribution is 2.24. The average Bonchev–Trinajstić information content (AvgIpc) is 3.02. The molecule has 7 heteroatoms. The van der Waals surface area contributed by atoms with Gasteiger partial charge in [0.15, 0.2) is 0 Å². The van der Waals surface area contributed by atoms with Crippen molar-refractivity contribution in [3.63, 3.8) is 0 Å². The quantitative estimate of drug-likeness (QED) is 0.871. The molecule has 0 radical (unpaired) electrons. The van der Waals surface area contributed by atoms with Crippen molar-refractivity contribution in [1.82, 2.24) is 10.2 Å². The average molecular weight is 376 g/mol. The fraction of sp³-hybridized carbons (Fsp3) is 0.368. The Morgan fingerprint density at radius 3 is 2.77 bits per heavy atom. The molecule has 1 aliphatic heterocycles. The van der Waals surface area contributed by atoms with Gasteiger partial charge >= 0.3 is 0 Å². The Bertz CT molecular complexity index is 808. The van der Waals surface area contributed by atoms with Gasteiger partial charge < -0.3 is 14.6 Å². The minimum Gasteiger partial charge on any atom is -0.464 e. The maximum atomic E-state index is 13.8. The van der Waals surface area contributed by atoms with Crippen LogP contribution in [-0.4, -0.2) is 40.8 Å². The molecule has 0 saturated carbocycles. The number of hydrogen-bond donors (Lipinski definition) is 1. The van der Waals surface area contributed by atoms with Crippen LogP contribution >= 0.6 is 11.8 Å². The van der Waals surface area contributed by atoms with E-state index >= 15 is 0 Å². The number of halogens is 1. The van der Waals surface area contributed by atoms with Crippen molar-refractivity contribution in [1.29, 1.82) is 0 Å². The molecule has 3 rings (SSSR count). The molecule has 0 spiro atoms. The number of rotatable bonds is 5. The lowest BCUT2D eigenvalue weighted by molar-refractivity contribution is -0.135. The van der Waals surface area contributed by atoms with Crippen molar-refractivity contribution >= 4 is 23.6 Å². The van der Waals surface area contributed by atoms with Crippen LogP contribution in [0.4, 0.5) is 4.39 Å². The Labute approximate surface area is 155 Å². The molecule has 2 unspecified atom stereocenters. The molecule has 0 bridgehead atoms. The third-order valence-electron chi connectivity index (χ3n) is 4.30. The van der Waals surface area contributed by atoms with Crippen LogP contribution in [0.1, 0.15) is 17.1 Å². The lowest BCUT2D eigenvalue weighted by atomic mass is 10.1. The standard InChI is InChI=1S/C19H21FN2O3S/c1-12-7-8-14(25-12)10-22(2)19(24)16-11-26-17(18(23)21-16)9-13-5-3-4-6-15(13)20/h3-8,16-17H,9-11H2,1-2H3,(H,21,23). The van der Waals surface area contributed by atoms with Gasteiger partial charge in [0.1, 0.15) is 23.4 Å². The van der Waals surface area contributed by atoms with Crippen LogP contribution < -0.4 is 5.32 Å². The largest absolute Gasteiger partial charge is 0.464 e. The molecular formula is C19H21FN2O3S. The van der Waals surface area contributed by atoms with E-state index in [-0.39, 0.29) is 17.6 Å². The summed E-state index contributed by atoms with van der Waals surface area (Å²) in [7, 11) is 1.68. The van der Waals surface area contributed by atoms with Crippen molar-refractivity contribution in [2.24, 2.45) is 0 Å². The highest BCUT2D eigenvalue weighted by atomic mass is 32.2. The number of furan rings is 1. The Kier molecular flexibility index (Phi) is 5.66.